The largest absolute Gasteiger partial charge is 0.481 e. The van der Waals surface area contributed by atoms with E-state index in [2.05, 4.69) is 6.92 Å². The number of aryl methyl sites for hydroxylation is 1. The molecule has 1 aromatic rings. The van der Waals surface area contributed by atoms with Crippen LogP contribution < -0.4 is 4.74 Å². The molecule has 2 atom stereocenters. The van der Waals surface area contributed by atoms with E-state index in [0.29, 0.717) is 5.75 Å². The van der Waals surface area contributed by atoms with E-state index >= 15 is 0 Å². The van der Waals surface area contributed by atoms with Crippen LogP contribution in [0.1, 0.15) is 116 Å². The van der Waals surface area contributed by atoms with Crippen LogP contribution in [0.2, 0.25) is 0 Å². The first-order chi connectivity index (χ1) is 17.6. The van der Waals surface area contributed by atoms with Crippen molar-refractivity contribution in [3.63, 3.8) is 0 Å². The Hall–Kier alpha value is -2.13. The van der Waals surface area contributed by atoms with Gasteiger partial charge in [-0.3, -0.25) is 14.1 Å². The standard InChI is InChI=1S/C28H46O8S/c1-3-4-5-6-7-8-9-10-11-12-13-14-15-16-19-24-20-17-18-21-25(24)35-23(2)36-28(31)26(22-27(29)30)37(32,33)34/h17-18,20-21,23,26H,3-16,19,22H2,1-2H3,(H,29,30)(H,32,33,34). The van der Waals surface area contributed by atoms with Crippen LogP contribution in [-0.2, 0) is 30.9 Å². The number of esters is 1. The van der Waals surface area contributed by atoms with E-state index in [-0.39, 0.29) is 0 Å². The summed E-state index contributed by atoms with van der Waals surface area (Å²) in [6.07, 6.45) is 16.5. The number of rotatable bonds is 22. The van der Waals surface area contributed by atoms with Crippen LogP contribution in [0.5, 0.6) is 5.75 Å². The first-order valence-corrected chi connectivity index (χ1v) is 15.3. The van der Waals surface area contributed by atoms with E-state index in [1.807, 2.05) is 12.1 Å². The van der Waals surface area contributed by atoms with Crippen molar-refractivity contribution in [3.8, 4) is 5.75 Å². The van der Waals surface area contributed by atoms with Crippen LogP contribution >= 0.6 is 0 Å². The Bertz CT molecular complexity index is 884. The average molecular weight is 543 g/mol. The lowest BCUT2D eigenvalue weighted by atomic mass is 10.0. The molecule has 2 N–H and O–H groups in total. The van der Waals surface area contributed by atoms with Crippen molar-refractivity contribution in [2.45, 2.75) is 128 Å². The Balaban J connectivity index is 2.31. The van der Waals surface area contributed by atoms with Gasteiger partial charge in [-0.25, -0.2) is 0 Å². The molecule has 0 spiro atoms. The number of carboxylic acids is 1. The van der Waals surface area contributed by atoms with E-state index in [9.17, 15) is 18.0 Å². The molecule has 0 saturated heterocycles. The predicted molar refractivity (Wildman–Crippen MR) is 144 cm³/mol. The molecule has 0 saturated carbocycles. The van der Waals surface area contributed by atoms with Gasteiger partial charge in [0.15, 0.2) is 5.25 Å². The minimum absolute atomic E-state index is 0.513. The van der Waals surface area contributed by atoms with Gasteiger partial charge in [-0.05, 0) is 24.5 Å². The number of para-hydroxylation sites is 1. The second-order valence-corrected chi connectivity index (χ2v) is 11.3. The summed E-state index contributed by atoms with van der Waals surface area (Å²) in [5.74, 6) is -2.41. The highest BCUT2D eigenvalue weighted by atomic mass is 32.2. The first kappa shape index (κ1) is 32.9. The fraction of sp³-hybridized carbons (Fsp3) is 0.714. The molecule has 0 fully saturated rings. The molecule has 0 amide bonds. The number of unbranched alkanes of at least 4 members (excludes halogenated alkanes) is 13. The molecule has 0 bridgehead atoms. The molecule has 212 valence electrons. The average Bonchev–Trinajstić information content (AvgIpc) is 2.82. The summed E-state index contributed by atoms with van der Waals surface area (Å²) in [5, 5.41) is 6.61. The van der Waals surface area contributed by atoms with E-state index in [1.165, 1.54) is 84.0 Å². The van der Waals surface area contributed by atoms with Gasteiger partial charge in [0.25, 0.3) is 10.1 Å². The van der Waals surface area contributed by atoms with Crippen molar-refractivity contribution in [2.75, 3.05) is 0 Å². The molecule has 2 unspecified atom stereocenters. The third kappa shape index (κ3) is 15.7. The third-order valence-electron chi connectivity index (χ3n) is 6.33. The maximum atomic E-state index is 12.1. The third-order valence-corrected chi connectivity index (χ3v) is 7.41. The molecule has 0 aliphatic carbocycles. The molecule has 0 heterocycles. The van der Waals surface area contributed by atoms with Crippen LogP contribution in [-0.4, -0.2) is 41.6 Å². The van der Waals surface area contributed by atoms with Gasteiger partial charge in [-0.15, -0.1) is 0 Å². The number of carbonyl (C=O) groups excluding carboxylic acids is 1. The molecule has 0 aliphatic heterocycles. The summed E-state index contributed by atoms with van der Waals surface area (Å²) in [4.78, 5) is 23.0. The Kier molecular flexibility index (Phi) is 16.9. The van der Waals surface area contributed by atoms with Crippen molar-refractivity contribution in [1.29, 1.82) is 0 Å². The summed E-state index contributed by atoms with van der Waals surface area (Å²) < 4.78 is 42.5. The van der Waals surface area contributed by atoms with Crippen molar-refractivity contribution < 1.29 is 37.1 Å². The summed E-state index contributed by atoms with van der Waals surface area (Å²) in [6, 6.07) is 7.34. The molecule has 1 aromatic carbocycles. The second-order valence-electron chi connectivity index (χ2n) is 9.68. The highest BCUT2D eigenvalue weighted by Crippen LogP contribution is 2.23. The highest BCUT2D eigenvalue weighted by molar-refractivity contribution is 7.87. The zero-order valence-electron chi connectivity index (χ0n) is 22.5. The van der Waals surface area contributed by atoms with E-state index in [1.54, 1.807) is 12.1 Å². The number of hydrogen-bond acceptors (Lipinski definition) is 6. The zero-order chi connectivity index (χ0) is 27.5. The van der Waals surface area contributed by atoms with E-state index in [4.69, 9.17) is 19.1 Å². The minimum Gasteiger partial charge on any atom is -0.481 e. The first-order valence-electron chi connectivity index (χ1n) is 13.8. The van der Waals surface area contributed by atoms with E-state index < -0.39 is 40.0 Å². The summed E-state index contributed by atoms with van der Waals surface area (Å²) in [5.41, 5.74) is 0.946. The lowest BCUT2D eigenvalue weighted by molar-refractivity contribution is -0.162. The number of carbonyl (C=O) groups is 2. The van der Waals surface area contributed by atoms with Gasteiger partial charge < -0.3 is 14.6 Å². The number of hydrogen-bond donors (Lipinski definition) is 2. The monoisotopic (exact) mass is 542 g/mol. The molecule has 0 radical (unpaired) electrons. The predicted octanol–water partition coefficient (Wildman–Crippen LogP) is 6.71. The van der Waals surface area contributed by atoms with Crippen LogP contribution in [0, 0.1) is 0 Å². The van der Waals surface area contributed by atoms with Crippen molar-refractivity contribution >= 4 is 22.1 Å². The number of ether oxygens (including phenoxy) is 2. The molecular formula is C28H46O8S. The molecular weight excluding hydrogens is 496 g/mol. The fourth-order valence-corrected chi connectivity index (χ4v) is 4.90. The van der Waals surface area contributed by atoms with Gasteiger partial charge in [-0.1, -0.05) is 109 Å². The summed E-state index contributed by atoms with van der Waals surface area (Å²) >= 11 is 0. The highest BCUT2D eigenvalue weighted by Gasteiger charge is 2.36. The second kappa shape index (κ2) is 19.0. The van der Waals surface area contributed by atoms with Crippen LogP contribution in [0.4, 0.5) is 0 Å². The van der Waals surface area contributed by atoms with Gasteiger partial charge in [0.1, 0.15) is 5.75 Å². The molecule has 1 rings (SSSR count). The molecule has 0 aliphatic rings. The van der Waals surface area contributed by atoms with Crippen molar-refractivity contribution in [1.82, 2.24) is 0 Å². The zero-order valence-corrected chi connectivity index (χ0v) is 23.3. The lowest BCUT2D eigenvalue weighted by Gasteiger charge is -2.19. The number of benzene rings is 1. The van der Waals surface area contributed by atoms with E-state index in [0.717, 1.165) is 24.8 Å². The quantitative estimate of drug-likeness (QED) is 0.0716. The Morgan fingerprint density at radius 2 is 1.32 bits per heavy atom. The minimum atomic E-state index is -4.93. The maximum absolute atomic E-state index is 12.1. The lowest BCUT2D eigenvalue weighted by Crippen LogP contribution is -2.36. The van der Waals surface area contributed by atoms with Gasteiger partial charge in [0, 0.05) is 6.92 Å². The Morgan fingerprint density at radius 3 is 1.81 bits per heavy atom. The Labute approximate surface area is 222 Å². The normalized spacial score (nSPS) is 13.2. The number of carboxylic acid groups (broad SMARTS) is 1. The van der Waals surface area contributed by atoms with Gasteiger partial charge in [0.2, 0.25) is 6.29 Å². The van der Waals surface area contributed by atoms with Gasteiger partial charge in [0.05, 0.1) is 6.42 Å². The van der Waals surface area contributed by atoms with Crippen LogP contribution in [0.25, 0.3) is 0 Å². The van der Waals surface area contributed by atoms with Crippen molar-refractivity contribution in [2.24, 2.45) is 0 Å². The smallest absolute Gasteiger partial charge is 0.330 e. The van der Waals surface area contributed by atoms with Gasteiger partial charge in [-0.2, -0.15) is 8.42 Å². The molecule has 37 heavy (non-hydrogen) atoms. The summed E-state index contributed by atoms with van der Waals surface area (Å²) in [7, 11) is -4.93. The van der Waals surface area contributed by atoms with Crippen LogP contribution in [0.3, 0.4) is 0 Å². The summed E-state index contributed by atoms with van der Waals surface area (Å²) in [6.45, 7) is 3.65. The molecule has 0 aromatic heterocycles. The topological polar surface area (TPSA) is 127 Å². The molecule has 8 nitrogen and oxygen atoms in total. The molecule has 9 heteroatoms. The number of aliphatic carboxylic acids is 1. The van der Waals surface area contributed by atoms with Crippen LogP contribution in [0.15, 0.2) is 24.3 Å². The van der Waals surface area contributed by atoms with Gasteiger partial charge >= 0.3 is 11.9 Å². The van der Waals surface area contributed by atoms with Crippen molar-refractivity contribution in [3.05, 3.63) is 29.8 Å². The Morgan fingerprint density at radius 1 is 0.838 bits per heavy atom. The fourth-order valence-electron chi connectivity index (χ4n) is 4.25. The SMILES string of the molecule is CCCCCCCCCCCCCCCCc1ccccc1OC(C)OC(=O)C(CC(=O)O)S(=O)(=O)O. The maximum Gasteiger partial charge on any atom is 0.330 e.